The maximum absolute atomic E-state index is 12.5. The zero-order valence-corrected chi connectivity index (χ0v) is 16.3. The fourth-order valence-corrected chi connectivity index (χ4v) is 3.26. The second-order valence-corrected chi connectivity index (χ2v) is 7.14. The minimum atomic E-state index is -0.00895. The first-order valence-electron chi connectivity index (χ1n) is 8.58. The predicted octanol–water partition coefficient (Wildman–Crippen LogP) is 2.93. The standard InChI is InChI=1S/C19H23N5OS/c1-12(15-8-6-5-7-9-15)11-20-17(25)10-16-13(2)21-18-22-19(26-4)23-24(18)14(16)3/h5-9,12H,10-11H2,1-4H3,(H,20,25)/t12-/m1/s1. The van der Waals surface area contributed by atoms with E-state index in [0.717, 1.165) is 17.0 Å². The van der Waals surface area contributed by atoms with E-state index >= 15 is 0 Å². The Kier molecular flexibility index (Phi) is 5.56. The lowest BCUT2D eigenvalue weighted by atomic mass is 10.0. The van der Waals surface area contributed by atoms with Crippen LogP contribution in [0.3, 0.4) is 0 Å². The zero-order chi connectivity index (χ0) is 18.7. The number of amides is 1. The van der Waals surface area contributed by atoms with Gasteiger partial charge in [0.15, 0.2) is 0 Å². The maximum Gasteiger partial charge on any atom is 0.253 e. The van der Waals surface area contributed by atoms with Crippen LogP contribution in [0.4, 0.5) is 0 Å². The first-order chi connectivity index (χ1) is 12.5. The van der Waals surface area contributed by atoms with E-state index in [-0.39, 0.29) is 18.2 Å². The lowest BCUT2D eigenvalue weighted by molar-refractivity contribution is -0.120. The summed E-state index contributed by atoms with van der Waals surface area (Å²) in [5, 5.41) is 8.14. The van der Waals surface area contributed by atoms with Crippen molar-refractivity contribution >= 4 is 23.4 Å². The Labute approximate surface area is 157 Å². The van der Waals surface area contributed by atoms with Gasteiger partial charge in [0.2, 0.25) is 11.1 Å². The number of rotatable bonds is 6. The van der Waals surface area contributed by atoms with Gasteiger partial charge in [-0.25, -0.2) is 9.50 Å². The largest absolute Gasteiger partial charge is 0.355 e. The summed E-state index contributed by atoms with van der Waals surface area (Å²) in [7, 11) is 0. The van der Waals surface area contributed by atoms with Gasteiger partial charge in [0.25, 0.3) is 5.78 Å². The molecule has 0 spiro atoms. The first-order valence-corrected chi connectivity index (χ1v) is 9.80. The number of hydrogen-bond donors (Lipinski definition) is 1. The summed E-state index contributed by atoms with van der Waals surface area (Å²) in [4.78, 5) is 21.3. The summed E-state index contributed by atoms with van der Waals surface area (Å²) in [6.07, 6.45) is 2.22. The number of aryl methyl sites for hydroxylation is 2. The number of hydrogen-bond acceptors (Lipinski definition) is 5. The van der Waals surface area contributed by atoms with E-state index in [0.29, 0.717) is 17.5 Å². The van der Waals surface area contributed by atoms with Crippen molar-refractivity contribution in [2.45, 2.75) is 38.3 Å². The van der Waals surface area contributed by atoms with Crippen molar-refractivity contribution in [1.82, 2.24) is 24.9 Å². The molecule has 7 heteroatoms. The van der Waals surface area contributed by atoms with Crippen molar-refractivity contribution in [3.05, 3.63) is 52.8 Å². The second kappa shape index (κ2) is 7.86. The third-order valence-electron chi connectivity index (χ3n) is 4.52. The molecular formula is C19H23N5OS. The normalized spacial score (nSPS) is 12.3. The summed E-state index contributed by atoms with van der Waals surface area (Å²) in [6.45, 7) is 6.58. The van der Waals surface area contributed by atoms with Gasteiger partial charge in [0.1, 0.15) is 0 Å². The van der Waals surface area contributed by atoms with Gasteiger partial charge >= 0.3 is 0 Å². The van der Waals surface area contributed by atoms with Crippen molar-refractivity contribution < 1.29 is 4.79 Å². The topological polar surface area (TPSA) is 72.2 Å². The van der Waals surface area contributed by atoms with Gasteiger partial charge in [-0.1, -0.05) is 49.0 Å². The molecule has 0 saturated carbocycles. The number of carbonyl (C=O) groups excluding carboxylic acids is 1. The number of nitrogens with zero attached hydrogens (tertiary/aromatic N) is 4. The van der Waals surface area contributed by atoms with Crippen LogP contribution in [0.1, 0.15) is 35.4 Å². The summed E-state index contributed by atoms with van der Waals surface area (Å²) >= 11 is 1.48. The summed E-state index contributed by atoms with van der Waals surface area (Å²) in [5.41, 5.74) is 3.85. The molecule has 6 nitrogen and oxygen atoms in total. The number of benzene rings is 1. The fourth-order valence-electron chi connectivity index (χ4n) is 2.92. The Bertz CT molecular complexity index is 923. The van der Waals surface area contributed by atoms with Crippen molar-refractivity contribution in [2.24, 2.45) is 0 Å². The van der Waals surface area contributed by atoms with Gasteiger partial charge in [-0.2, -0.15) is 4.98 Å². The number of nitrogens with one attached hydrogen (secondary N) is 1. The average Bonchev–Trinajstić information content (AvgIpc) is 3.07. The van der Waals surface area contributed by atoms with Crippen LogP contribution in [-0.2, 0) is 11.2 Å². The minimum absolute atomic E-state index is 0.00895. The molecule has 2 aromatic heterocycles. The van der Waals surface area contributed by atoms with Gasteiger partial charge in [0, 0.05) is 23.5 Å². The van der Waals surface area contributed by atoms with Crippen molar-refractivity contribution in [2.75, 3.05) is 12.8 Å². The third kappa shape index (κ3) is 3.88. The third-order valence-corrected chi connectivity index (χ3v) is 5.06. The van der Waals surface area contributed by atoms with Crippen molar-refractivity contribution in [3.8, 4) is 0 Å². The van der Waals surface area contributed by atoms with E-state index in [4.69, 9.17) is 0 Å². The van der Waals surface area contributed by atoms with Gasteiger partial charge in [-0.05, 0) is 31.6 Å². The maximum atomic E-state index is 12.5. The van der Waals surface area contributed by atoms with Crippen LogP contribution in [0.5, 0.6) is 0 Å². The Hall–Kier alpha value is -2.41. The fraction of sp³-hybridized carbons (Fsp3) is 0.368. The molecular weight excluding hydrogens is 346 g/mol. The summed E-state index contributed by atoms with van der Waals surface area (Å²) in [6, 6.07) is 10.2. The summed E-state index contributed by atoms with van der Waals surface area (Å²) < 4.78 is 1.72. The quantitative estimate of drug-likeness (QED) is 0.677. The van der Waals surface area contributed by atoms with E-state index in [2.05, 4.69) is 39.4 Å². The second-order valence-electron chi connectivity index (χ2n) is 6.36. The van der Waals surface area contributed by atoms with E-state index in [9.17, 15) is 4.79 Å². The minimum Gasteiger partial charge on any atom is -0.355 e. The number of thioether (sulfide) groups is 1. The van der Waals surface area contributed by atoms with Crippen molar-refractivity contribution in [3.63, 3.8) is 0 Å². The molecule has 0 aliphatic rings. The van der Waals surface area contributed by atoms with Crippen LogP contribution in [0.25, 0.3) is 5.78 Å². The molecule has 0 bridgehead atoms. The van der Waals surface area contributed by atoms with Gasteiger partial charge in [-0.3, -0.25) is 4.79 Å². The molecule has 3 rings (SSSR count). The molecule has 136 valence electrons. The highest BCUT2D eigenvalue weighted by atomic mass is 32.2. The number of carbonyl (C=O) groups is 1. The Morgan fingerprint density at radius 1 is 1.23 bits per heavy atom. The highest BCUT2D eigenvalue weighted by molar-refractivity contribution is 7.98. The highest BCUT2D eigenvalue weighted by Crippen LogP contribution is 2.17. The molecule has 1 atom stereocenters. The smallest absolute Gasteiger partial charge is 0.253 e. The van der Waals surface area contributed by atoms with Crippen molar-refractivity contribution in [1.29, 1.82) is 0 Å². The molecule has 0 saturated heterocycles. The van der Waals surface area contributed by atoms with E-state index < -0.39 is 0 Å². The molecule has 1 aromatic carbocycles. The van der Waals surface area contributed by atoms with E-state index in [1.165, 1.54) is 17.3 Å². The average molecular weight is 369 g/mol. The predicted molar refractivity (Wildman–Crippen MR) is 104 cm³/mol. The molecule has 0 aliphatic carbocycles. The van der Waals surface area contributed by atoms with Crippen LogP contribution in [0, 0.1) is 13.8 Å². The summed E-state index contributed by atoms with van der Waals surface area (Å²) in [5.74, 6) is 0.832. The molecule has 26 heavy (non-hydrogen) atoms. The van der Waals surface area contributed by atoms with Gasteiger partial charge < -0.3 is 5.32 Å². The molecule has 0 aliphatic heterocycles. The molecule has 3 aromatic rings. The lowest BCUT2D eigenvalue weighted by Crippen LogP contribution is -2.29. The monoisotopic (exact) mass is 369 g/mol. The number of fused-ring (bicyclic) bond motifs is 1. The number of aromatic nitrogens is 4. The lowest BCUT2D eigenvalue weighted by Gasteiger charge is -2.14. The zero-order valence-electron chi connectivity index (χ0n) is 15.5. The highest BCUT2D eigenvalue weighted by Gasteiger charge is 2.16. The molecule has 1 N–H and O–H groups in total. The Balaban J connectivity index is 1.71. The first kappa shape index (κ1) is 18.4. The van der Waals surface area contributed by atoms with E-state index in [1.54, 1.807) is 4.52 Å². The molecule has 2 heterocycles. The molecule has 0 unspecified atom stereocenters. The molecule has 0 radical (unpaired) electrons. The SMILES string of the molecule is CSc1nc2nc(C)c(CC(=O)NC[C@@H](C)c3ccccc3)c(C)n2n1. The van der Waals surface area contributed by atoms with Crippen LogP contribution in [-0.4, -0.2) is 38.3 Å². The van der Waals surface area contributed by atoms with Crippen LogP contribution < -0.4 is 5.32 Å². The van der Waals surface area contributed by atoms with Crippen LogP contribution in [0.2, 0.25) is 0 Å². The van der Waals surface area contributed by atoms with Crippen LogP contribution in [0.15, 0.2) is 35.5 Å². The molecule has 0 fully saturated rings. The Morgan fingerprint density at radius 3 is 2.65 bits per heavy atom. The Morgan fingerprint density at radius 2 is 1.96 bits per heavy atom. The molecule has 1 amide bonds. The van der Waals surface area contributed by atoms with E-state index in [1.807, 2.05) is 38.3 Å². The van der Waals surface area contributed by atoms with Gasteiger partial charge in [0.05, 0.1) is 6.42 Å². The van der Waals surface area contributed by atoms with Crippen LogP contribution >= 0.6 is 11.8 Å². The van der Waals surface area contributed by atoms with Gasteiger partial charge in [-0.15, -0.1) is 5.10 Å².